The fraction of sp³-hybridized carbons (Fsp3) is 0.235. The zero-order valence-electron chi connectivity index (χ0n) is 14.2. The van der Waals surface area contributed by atoms with Crippen LogP contribution in [0.2, 0.25) is 0 Å². The lowest BCUT2D eigenvalue weighted by molar-refractivity contribution is -0.141. The number of carbonyl (C=O) groups is 1. The number of esters is 1. The largest absolute Gasteiger partial charge is 0.468 e. The number of nitrogens with two attached hydrogens (primary N) is 2. The van der Waals surface area contributed by atoms with Crippen LogP contribution in [-0.2, 0) is 9.53 Å². The van der Waals surface area contributed by atoms with Gasteiger partial charge in [-0.1, -0.05) is 30.3 Å². The summed E-state index contributed by atoms with van der Waals surface area (Å²) >= 11 is 3.34. The highest BCUT2D eigenvalue weighted by Crippen LogP contribution is 2.34. The molecule has 1 aromatic heterocycles. The lowest BCUT2D eigenvalue weighted by Crippen LogP contribution is -2.33. The van der Waals surface area contributed by atoms with E-state index in [9.17, 15) is 4.79 Å². The van der Waals surface area contributed by atoms with E-state index in [2.05, 4.69) is 29.0 Å². The topological polar surface area (TPSA) is 84.8 Å². The molecule has 0 saturated carbocycles. The average molecular weight is 379 g/mol. The molecule has 4 N–H and O–H groups in total. The number of methoxy groups -OCH3 is 1. The van der Waals surface area contributed by atoms with Gasteiger partial charge in [0.25, 0.3) is 0 Å². The molecule has 0 spiro atoms. The van der Waals surface area contributed by atoms with Gasteiger partial charge >= 0.3 is 5.97 Å². The highest BCUT2D eigenvalue weighted by molar-refractivity contribution is 7.99. The Labute approximate surface area is 156 Å². The van der Waals surface area contributed by atoms with E-state index in [1.807, 2.05) is 29.6 Å². The first-order valence-electron chi connectivity index (χ1n) is 7.56. The SMILES string of the molecule is COC(=O)CN(N)/C=C(\N)CN(C)Sc1ccc(-c2ccccc2)s1. The van der Waals surface area contributed by atoms with Gasteiger partial charge in [0.2, 0.25) is 0 Å². The van der Waals surface area contributed by atoms with Crippen molar-refractivity contribution in [2.75, 3.05) is 27.2 Å². The first kappa shape index (κ1) is 19.3. The summed E-state index contributed by atoms with van der Waals surface area (Å²) in [6, 6.07) is 14.5. The van der Waals surface area contributed by atoms with Gasteiger partial charge in [0.05, 0.1) is 17.9 Å². The van der Waals surface area contributed by atoms with Crippen molar-refractivity contribution in [3.63, 3.8) is 0 Å². The van der Waals surface area contributed by atoms with E-state index in [0.717, 1.165) is 0 Å². The lowest BCUT2D eigenvalue weighted by atomic mass is 10.2. The van der Waals surface area contributed by atoms with Crippen LogP contribution in [0.1, 0.15) is 0 Å². The summed E-state index contributed by atoms with van der Waals surface area (Å²) in [6.07, 6.45) is 1.54. The van der Waals surface area contributed by atoms with Gasteiger partial charge in [-0.2, -0.15) is 0 Å². The number of likely N-dealkylation sites (N-methyl/N-ethyl adjacent to an activating group) is 1. The molecule has 0 amide bonds. The van der Waals surface area contributed by atoms with Crippen LogP contribution in [0.15, 0.2) is 58.6 Å². The van der Waals surface area contributed by atoms with Crippen LogP contribution in [0.3, 0.4) is 0 Å². The summed E-state index contributed by atoms with van der Waals surface area (Å²) in [5, 5.41) is 1.22. The van der Waals surface area contributed by atoms with Gasteiger partial charge in [0.1, 0.15) is 6.54 Å². The number of hydrogen-bond acceptors (Lipinski definition) is 8. The number of thiophene rings is 1. The predicted molar refractivity (Wildman–Crippen MR) is 103 cm³/mol. The van der Waals surface area contributed by atoms with Gasteiger partial charge in [-0.25, -0.2) is 10.1 Å². The first-order valence-corrected chi connectivity index (χ1v) is 9.15. The van der Waals surface area contributed by atoms with Crippen LogP contribution in [0.25, 0.3) is 10.4 Å². The summed E-state index contributed by atoms with van der Waals surface area (Å²) in [7, 11) is 3.27. The third kappa shape index (κ3) is 6.43. The Morgan fingerprint density at radius 1 is 1.24 bits per heavy atom. The monoisotopic (exact) mass is 378 g/mol. The summed E-state index contributed by atoms with van der Waals surface area (Å²) < 4.78 is 7.74. The van der Waals surface area contributed by atoms with E-state index in [1.54, 1.807) is 23.3 Å². The Morgan fingerprint density at radius 3 is 2.64 bits per heavy atom. The van der Waals surface area contributed by atoms with Gasteiger partial charge in [-0.3, -0.25) is 4.79 Å². The van der Waals surface area contributed by atoms with Crippen LogP contribution in [0.5, 0.6) is 0 Å². The molecule has 0 aliphatic carbocycles. The molecule has 134 valence electrons. The molecule has 1 heterocycles. The van der Waals surface area contributed by atoms with Gasteiger partial charge in [0, 0.05) is 16.8 Å². The Hall–Kier alpha value is -2.00. The fourth-order valence-corrected chi connectivity index (χ4v) is 4.28. The molecule has 0 aliphatic rings. The summed E-state index contributed by atoms with van der Waals surface area (Å²) in [5.74, 6) is 5.28. The summed E-state index contributed by atoms with van der Waals surface area (Å²) in [5.41, 5.74) is 7.75. The van der Waals surface area contributed by atoms with Crippen molar-refractivity contribution < 1.29 is 9.53 Å². The van der Waals surface area contributed by atoms with Crippen molar-refractivity contribution in [1.29, 1.82) is 0 Å². The van der Waals surface area contributed by atoms with Gasteiger partial charge in [-0.15, -0.1) is 11.3 Å². The Morgan fingerprint density at radius 2 is 1.96 bits per heavy atom. The van der Waals surface area contributed by atoms with Crippen LogP contribution >= 0.6 is 23.3 Å². The van der Waals surface area contributed by atoms with E-state index in [-0.39, 0.29) is 6.54 Å². The molecule has 0 radical (unpaired) electrons. The van der Waals surface area contributed by atoms with E-state index in [4.69, 9.17) is 11.6 Å². The maximum atomic E-state index is 11.2. The van der Waals surface area contributed by atoms with Crippen molar-refractivity contribution in [3.8, 4) is 10.4 Å². The predicted octanol–water partition coefficient (Wildman–Crippen LogP) is 2.50. The number of benzene rings is 1. The maximum absolute atomic E-state index is 11.2. The molecule has 6 nitrogen and oxygen atoms in total. The number of carbonyl (C=O) groups excluding carboxylic acids is 1. The minimum Gasteiger partial charge on any atom is -0.468 e. The normalized spacial score (nSPS) is 11.6. The molecule has 0 fully saturated rings. The number of rotatable bonds is 8. The van der Waals surface area contributed by atoms with Crippen LogP contribution < -0.4 is 11.6 Å². The smallest absolute Gasteiger partial charge is 0.326 e. The number of nitrogens with zero attached hydrogens (tertiary/aromatic N) is 2. The Kier molecular flexibility index (Phi) is 7.32. The van der Waals surface area contributed by atoms with Crippen molar-refractivity contribution in [2.45, 2.75) is 4.21 Å². The summed E-state index contributed by atoms with van der Waals surface area (Å²) in [6.45, 7) is 0.470. The van der Waals surface area contributed by atoms with Gasteiger partial charge in [0.15, 0.2) is 0 Å². The fourth-order valence-electron chi connectivity index (χ4n) is 2.08. The molecular weight excluding hydrogens is 356 g/mol. The van der Waals surface area contributed by atoms with E-state index < -0.39 is 5.97 Å². The molecular formula is C17H22N4O2S2. The maximum Gasteiger partial charge on any atom is 0.326 e. The van der Waals surface area contributed by atoms with Crippen LogP contribution in [-0.4, -0.2) is 42.5 Å². The number of hydrazine groups is 1. The number of ether oxygens (including phenoxy) is 1. The Balaban J connectivity index is 1.88. The molecule has 0 unspecified atom stereocenters. The van der Waals surface area contributed by atoms with Crippen molar-refractivity contribution >= 4 is 29.3 Å². The molecule has 25 heavy (non-hydrogen) atoms. The van der Waals surface area contributed by atoms with E-state index in [1.165, 1.54) is 33.0 Å². The highest BCUT2D eigenvalue weighted by atomic mass is 32.2. The van der Waals surface area contributed by atoms with Crippen LogP contribution in [0.4, 0.5) is 0 Å². The molecule has 8 heteroatoms. The zero-order chi connectivity index (χ0) is 18.2. The highest BCUT2D eigenvalue weighted by Gasteiger charge is 2.09. The molecule has 0 bridgehead atoms. The van der Waals surface area contributed by atoms with Crippen molar-refractivity contribution in [1.82, 2.24) is 9.31 Å². The minimum absolute atomic E-state index is 0.0422. The second-order valence-electron chi connectivity index (χ2n) is 5.31. The molecule has 0 aliphatic heterocycles. The second-order valence-corrected chi connectivity index (χ2v) is 7.90. The second kappa shape index (κ2) is 9.47. The van der Waals surface area contributed by atoms with Gasteiger partial charge in [-0.05, 0) is 36.7 Å². The average Bonchev–Trinajstić information content (AvgIpc) is 3.03. The molecule has 2 rings (SSSR count). The quantitative estimate of drug-likeness (QED) is 0.316. The molecule has 0 atom stereocenters. The summed E-state index contributed by atoms with van der Waals surface area (Å²) in [4.78, 5) is 12.4. The number of hydrogen-bond donors (Lipinski definition) is 2. The molecule has 1 aromatic carbocycles. The van der Waals surface area contributed by atoms with Crippen molar-refractivity contribution in [3.05, 3.63) is 54.4 Å². The third-order valence-corrected chi connectivity index (χ3v) is 5.32. The van der Waals surface area contributed by atoms with Crippen molar-refractivity contribution in [2.24, 2.45) is 11.6 Å². The lowest BCUT2D eigenvalue weighted by Gasteiger charge is -2.17. The molecule has 0 saturated heterocycles. The standard InChI is InChI=1S/C17H22N4O2S2/c1-20(10-14(18)11-21(19)12-16(22)23-2)25-17-9-8-15(24-17)13-6-4-3-5-7-13/h3-9,11H,10,12,18-19H2,1-2H3/b14-11-. The van der Waals surface area contributed by atoms with E-state index in [0.29, 0.717) is 12.2 Å². The van der Waals surface area contributed by atoms with Gasteiger partial charge < -0.3 is 15.5 Å². The zero-order valence-corrected chi connectivity index (χ0v) is 15.8. The Bertz CT molecular complexity index is 718. The van der Waals surface area contributed by atoms with Crippen LogP contribution in [0, 0.1) is 0 Å². The van der Waals surface area contributed by atoms with E-state index >= 15 is 0 Å². The third-order valence-electron chi connectivity index (χ3n) is 3.16. The molecule has 2 aromatic rings. The first-order chi connectivity index (χ1) is 12.0. The minimum atomic E-state index is -0.415.